The van der Waals surface area contributed by atoms with Gasteiger partial charge in [-0.15, -0.1) is 0 Å². The second kappa shape index (κ2) is 67.3. The average Bonchev–Trinajstić information content (AvgIpc) is 2.66. The largest absolute Gasteiger partial charge is 0.472 e. The van der Waals surface area contributed by atoms with E-state index in [0.717, 1.165) is 96.3 Å². The summed E-state index contributed by atoms with van der Waals surface area (Å²) < 4.78 is 68.2. The van der Waals surface area contributed by atoms with Gasteiger partial charge in [0.25, 0.3) is 0 Å². The minimum absolute atomic E-state index is 0.103. The highest BCUT2D eigenvalue weighted by molar-refractivity contribution is 7.47. The van der Waals surface area contributed by atoms with Crippen LogP contribution in [-0.2, 0) is 65.4 Å². The van der Waals surface area contributed by atoms with E-state index in [2.05, 4.69) is 34.6 Å². The van der Waals surface area contributed by atoms with Gasteiger partial charge >= 0.3 is 39.5 Å². The molecule has 0 saturated carbocycles. The molecule has 0 rings (SSSR count). The lowest BCUT2D eigenvalue weighted by atomic mass is 10.0. The highest BCUT2D eigenvalue weighted by atomic mass is 31.2. The molecule has 0 aromatic heterocycles. The maximum Gasteiger partial charge on any atom is 0.472 e. The van der Waals surface area contributed by atoms with Gasteiger partial charge < -0.3 is 33.8 Å². The molecule has 0 aliphatic heterocycles. The van der Waals surface area contributed by atoms with Gasteiger partial charge in [0.15, 0.2) is 12.2 Å². The molecule has 0 amide bonds. The lowest BCUT2D eigenvalue weighted by Crippen LogP contribution is -2.30. The van der Waals surface area contributed by atoms with Crippen LogP contribution >= 0.6 is 15.6 Å². The molecule has 3 N–H and O–H groups in total. The molecule has 552 valence electrons. The van der Waals surface area contributed by atoms with E-state index in [4.69, 9.17) is 37.0 Å². The van der Waals surface area contributed by atoms with Gasteiger partial charge in [0.2, 0.25) is 0 Å². The quantitative estimate of drug-likeness (QED) is 0.0222. The van der Waals surface area contributed by atoms with Crippen molar-refractivity contribution < 1.29 is 80.2 Å². The highest BCUT2D eigenvalue weighted by Crippen LogP contribution is 2.45. The number of phosphoric acid groups is 2. The molecule has 0 aliphatic carbocycles. The fraction of sp³-hybridized carbons (Fsp3) is 0.946. The SMILES string of the molecule is CCCCCCCCCCCCCCCCCCCCCCCC(=O)O[C@H](COC(=O)CCCCCCCCCCCCCCCCCCC)COP(=O)(O)OC[C@@H](O)COP(=O)(O)OC[C@@H](COC(=O)CCCCCCC)OC(=O)CCCCCCCCCC(C)C. The van der Waals surface area contributed by atoms with Crippen LogP contribution in [0.2, 0.25) is 0 Å². The number of hydrogen-bond acceptors (Lipinski definition) is 15. The van der Waals surface area contributed by atoms with E-state index >= 15 is 0 Å². The van der Waals surface area contributed by atoms with Crippen LogP contribution in [0.1, 0.15) is 388 Å². The van der Waals surface area contributed by atoms with Crippen molar-refractivity contribution in [2.24, 2.45) is 5.92 Å². The maximum absolute atomic E-state index is 13.1. The molecule has 5 atom stereocenters. The van der Waals surface area contributed by atoms with Crippen LogP contribution in [0.4, 0.5) is 0 Å². The van der Waals surface area contributed by atoms with Gasteiger partial charge in [-0.3, -0.25) is 37.3 Å². The molecule has 19 heteroatoms. The number of carbonyl (C=O) groups excluding carboxylic acids is 4. The van der Waals surface area contributed by atoms with Crippen LogP contribution in [-0.4, -0.2) is 96.7 Å². The van der Waals surface area contributed by atoms with Crippen LogP contribution in [0, 0.1) is 5.92 Å². The molecule has 0 aliphatic rings. The molecule has 0 saturated heterocycles. The van der Waals surface area contributed by atoms with Crippen molar-refractivity contribution in [2.75, 3.05) is 39.6 Å². The third-order valence-corrected chi connectivity index (χ3v) is 19.2. The molecular weight excluding hydrogens is 1220 g/mol. The summed E-state index contributed by atoms with van der Waals surface area (Å²) in [5.41, 5.74) is 0. The number of carbonyl (C=O) groups is 4. The van der Waals surface area contributed by atoms with E-state index in [1.54, 1.807) is 0 Å². The normalized spacial score (nSPS) is 14.0. The van der Waals surface area contributed by atoms with Gasteiger partial charge in [-0.05, 0) is 31.6 Å². The molecule has 0 spiro atoms. The number of hydrogen-bond donors (Lipinski definition) is 3. The fourth-order valence-corrected chi connectivity index (χ4v) is 12.9. The third kappa shape index (κ3) is 68.4. The second-order valence-corrected chi connectivity index (χ2v) is 30.1. The topological polar surface area (TPSA) is 237 Å². The molecule has 0 radical (unpaired) electrons. The fourth-order valence-electron chi connectivity index (χ4n) is 11.4. The van der Waals surface area contributed by atoms with Crippen LogP contribution in [0.3, 0.4) is 0 Å². The minimum atomic E-state index is -4.95. The summed E-state index contributed by atoms with van der Waals surface area (Å²) in [6.07, 6.45) is 56.2. The van der Waals surface area contributed by atoms with E-state index in [1.807, 2.05) is 0 Å². The predicted molar refractivity (Wildman–Crippen MR) is 377 cm³/mol. The molecule has 93 heavy (non-hydrogen) atoms. The van der Waals surface area contributed by atoms with Crippen molar-refractivity contribution in [1.82, 2.24) is 0 Å². The summed E-state index contributed by atoms with van der Waals surface area (Å²) >= 11 is 0. The van der Waals surface area contributed by atoms with E-state index in [-0.39, 0.29) is 25.7 Å². The Hall–Kier alpha value is -1.94. The Morgan fingerprint density at radius 1 is 0.290 bits per heavy atom. The van der Waals surface area contributed by atoms with Gasteiger partial charge in [0, 0.05) is 25.7 Å². The minimum Gasteiger partial charge on any atom is -0.462 e. The smallest absolute Gasteiger partial charge is 0.462 e. The van der Waals surface area contributed by atoms with Gasteiger partial charge in [-0.1, -0.05) is 336 Å². The maximum atomic E-state index is 13.1. The molecule has 0 bridgehead atoms. The lowest BCUT2D eigenvalue weighted by molar-refractivity contribution is -0.161. The summed E-state index contributed by atoms with van der Waals surface area (Å²) in [6, 6.07) is 0. The van der Waals surface area contributed by atoms with Crippen molar-refractivity contribution in [3.8, 4) is 0 Å². The first-order valence-corrected chi connectivity index (χ1v) is 41.6. The molecule has 0 aromatic rings. The Morgan fingerprint density at radius 2 is 0.495 bits per heavy atom. The van der Waals surface area contributed by atoms with E-state index < -0.39 is 97.5 Å². The number of rotatable bonds is 74. The molecule has 17 nitrogen and oxygen atoms in total. The summed E-state index contributed by atoms with van der Waals surface area (Å²) in [6.45, 7) is 7.11. The molecule has 2 unspecified atom stereocenters. The molecule has 0 aromatic carbocycles. The monoisotopic (exact) mass is 1370 g/mol. The van der Waals surface area contributed by atoms with Gasteiger partial charge in [0.1, 0.15) is 19.3 Å². The Kier molecular flexibility index (Phi) is 65.9. The summed E-state index contributed by atoms with van der Waals surface area (Å²) in [5.74, 6) is -1.44. The zero-order valence-corrected chi connectivity index (χ0v) is 62.2. The van der Waals surface area contributed by atoms with Crippen LogP contribution in [0.5, 0.6) is 0 Å². The van der Waals surface area contributed by atoms with Gasteiger partial charge in [0.05, 0.1) is 26.4 Å². The number of unbranched alkanes of at least 4 members (excludes halogenated alkanes) is 46. The first-order chi connectivity index (χ1) is 45.0. The molecule has 0 heterocycles. The number of phosphoric ester groups is 2. The lowest BCUT2D eigenvalue weighted by Gasteiger charge is -2.21. The van der Waals surface area contributed by atoms with Gasteiger partial charge in [-0.2, -0.15) is 0 Å². The van der Waals surface area contributed by atoms with E-state index in [0.29, 0.717) is 31.6 Å². The third-order valence-electron chi connectivity index (χ3n) is 17.3. The Bertz CT molecular complexity index is 1790. The summed E-state index contributed by atoms with van der Waals surface area (Å²) in [7, 11) is -9.89. The number of ether oxygens (including phenoxy) is 4. The van der Waals surface area contributed by atoms with Crippen molar-refractivity contribution in [3.63, 3.8) is 0 Å². The van der Waals surface area contributed by atoms with Crippen molar-refractivity contribution >= 4 is 39.5 Å². The van der Waals surface area contributed by atoms with Crippen LogP contribution in [0.15, 0.2) is 0 Å². The highest BCUT2D eigenvalue weighted by Gasteiger charge is 2.30. The number of aliphatic hydroxyl groups is 1. The van der Waals surface area contributed by atoms with Crippen LogP contribution in [0.25, 0.3) is 0 Å². The zero-order valence-electron chi connectivity index (χ0n) is 60.4. The Morgan fingerprint density at radius 3 is 0.731 bits per heavy atom. The molecular formula is C74H144O17P2. The summed E-state index contributed by atoms with van der Waals surface area (Å²) in [4.78, 5) is 72.4. The average molecular weight is 1370 g/mol. The van der Waals surface area contributed by atoms with Crippen LogP contribution < -0.4 is 0 Å². The first kappa shape index (κ1) is 91.1. The van der Waals surface area contributed by atoms with Crippen molar-refractivity contribution in [1.29, 1.82) is 0 Å². The number of aliphatic hydroxyl groups excluding tert-OH is 1. The second-order valence-electron chi connectivity index (χ2n) is 27.2. The first-order valence-electron chi connectivity index (χ1n) is 38.6. The standard InChI is InChI=1S/C74H144O17P2/c1-6-9-12-15-17-19-21-23-25-27-28-29-30-32-34-36-38-40-44-49-54-59-73(78)91-70(64-85-72(77)58-53-48-43-39-37-35-33-31-26-24-22-20-18-16-13-10-7-2)66-89-93(82,83)87-62-68(75)61-86-92(80,81)88-65-69(63-84-71(76)57-52-46-14-11-8-3)90-74(79)60-55-50-45-41-42-47-51-56-67(4)5/h67-70,75H,6-66H2,1-5H3,(H,80,81)(H,82,83)/t68-,69+,70+/m0/s1. The zero-order chi connectivity index (χ0) is 68.4. The summed E-state index contributed by atoms with van der Waals surface area (Å²) in [5, 5.41) is 10.6. The van der Waals surface area contributed by atoms with Crippen molar-refractivity contribution in [2.45, 2.75) is 406 Å². The number of esters is 4. The van der Waals surface area contributed by atoms with E-state index in [9.17, 15) is 43.2 Å². The van der Waals surface area contributed by atoms with Gasteiger partial charge in [-0.25, -0.2) is 9.13 Å². The Balaban J connectivity index is 5.11. The molecule has 0 fully saturated rings. The van der Waals surface area contributed by atoms with Crippen molar-refractivity contribution in [3.05, 3.63) is 0 Å². The predicted octanol–water partition coefficient (Wildman–Crippen LogP) is 21.7. The van der Waals surface area contributed by atoms with E-state index in [1.165, 1.54) is 205 Å². The Labute approximate surface area is 568 Å².